The summed E-state index contributed by atoms with van der Waals surface area (Å²) in [7, 11) is 0. The number of rotatable bonds is 4. The van der Waals surface area contributed by atoms with E-state index >= 15 is 0 Å². The van der Waals surface area contributed by atoms with Crippen LogP contribution in [0.25, 0.3) is 0 Å². The first-order chi connectivity index (χ1) is 4.99. The minimum Gasteiger partial charge on any atom is -0.479 e. The summed E-state index contributed by atoms with van der Waals surface area (Å²) >= 11 is 0. The zero-order valence-corrected chi connectivity index (χ0v) is 5.47. The van der Waals surface area contributed by atoms with E-state index in [1.165, 1.54) is 0 Å². The van der Waals surface area contributed by atoms with Crippen molar-refractivity contribution in [2.24, 2.45) is 0 Å². The first-order valence-electron chi connectivity index (χ1n) is 2.69. The van der Waals surface area contributed by atoms with E-state index in [2.05, 4.69) is 0 Å². The van der Waals surface area contributed by atoms with Gasteiger partial charge in [-0.1, -0.05) is 0 Å². The minimum absolute atomic E-state index is 0.162. The number of carbonyl (C=O) groups excluding carboxylic acids is 1. The van der Waals surface area contributed by atoms with Crippen LogP contribution in [0.1, 0.15) is 0 Å². The minimum atomic E-state index is -2.79. The van der Waals surface area contributed by atoms with Crippen molar-refractivity contribution >= 4 is 12.3 Å². The molecule has 6 nitrogen and oxygen atoms in total. The van der Waals surface area contributed by atoms with E-state index in [9.17, 15) is 9.59 Å². The van der Waals surface area contributed by atoms with Gasteiger partial charge in [0.1, 0.15) is 0 Å². The Morgan fingerprint density at radius 2 is 2.09 bits per heavy atom. The second-order valence-corrected chi connectivity index (χ2v) is 1.97. The van der Waals surface area contributed by atoms with Crippen LogP contribution in [0.2, 0.25) is 0 Å². The van der Waals surface area contributed by atoms with Crippen molar-refractivity contribution in [1.29, 1.82) is 0 Å². The number of hydrogen-bond acceptors (Lipinski definition) is 5. The van der Waals surface area contributed by atoms with Crippen molar-refractivity contribution in [1.82, 2.24) is 0 Å². The number of carboxylic acids is 1. The van der Waals surface area contributed by atoms with Gasteiger partial charge in [0.05, 0.1) is 6.61 Å². The van der Waals surface area contributed by atoms with Gasteiger partial charge < -0.3 is 25.2 Å². The van der Waals surface area contributed by atoms with Crippen LogP contribution in [0.4, 0.5) is 0 Å². The van der Waals surface area contributed by atoms with Gasteiger partial charge in [0, 0.05) is 0 Å². The molecule has 0 saturated carbocycles. The van der Waals surface area contributed by atoms with Gasteiger partial charge in [0.15, 0.2) is 12.4 Å². The zero-order chi connectivity index (χ0) is 9.07. The van der Waals surface area contributed by atoms with Crippen LogP contribution in [-0.2, 0) is 9.59 Å². The van der Waals surface area contributed by atoms with Crippen LogP contribution >= 0.6 is 0 Å². The van der Waals surface area contributed by atoms with Gasteiger partial charge in [0.25, 0.3) is 0 Å². The first kappa shape index (κ1) is 10.0. The first-order valence-corrected chi connectivity index (χ1v) is 2.69. The summed E-state index contributed by atoms with van der Waals surface area (Å²) in [5, 5.41) is 33.9. The van der Waals surface area contributed by atoms with Gasteiger partial charge in [-0.25, -0.2) is 4.79 Å². The van der Waals surface area contributed by atoms with E-state index in [1.54, 1.807) is 0 Å². The molecule has 4 N–H and O–H groups in total. The van der Waals surface area contributed by atoms with Gasteiger partial charge in [-0.2, -0.15) is 0 Å². The van der Waals surface area contributed by atoms with E-state index in [0.717, 1.165) is 0 Å². The molecule has 0 unspecified atom stereocenters. The Morgan fingerprint density at radius 1 is 1.64 bits per heavy atom. The normalized spacial score (nSPS) is 18.5. The van der Waals surface area contributed by atoms with Crippen LogP contribution < -0.4 is 0 Å². The highest BCUT2D eigenvalue weighted by atomic mass is 16.4. The van der Waals surface area contributed by atoms with Gasteiger partial charge in [-0.15, -0.1) is 0 Å². The third kappa shape index (κ3) is 1.73. The average molecular weight is 164 g/mol. The average Bonchev–Trinajstić information content (AvgIpc) is 2.01. The molecule has 0 aliphatic rings. The third-order valence-corrected chi connectivity index (χ3v) is 1.23. The molecule has 0 spiro atoms. The summed E-state index contributed by atoms with van der Waals surface area (Å²) in [6.45, 7) is -1.22. The zero-order valence-electron chi connectivity index (χ0n) is 5.47. The molecule has 0 aliphatic heterocycles. The smallest absolute Gasteiger partial charge is 0.341 e. The number of aliphatic hydroxyl groups is 3. The maximum absolute atomic E-state index is 10.1. The summed E-state index contributed by atoms with van der Waals surface area (Å²) in [5.41, 5.74) is -2.79. The lowest BCUT2D eigenvalue weighted by Gasteiger charge is -2.22. The molecule has 0 aromatic carbocycles. The summed E-state index contributed by atoms with van der Waals surface area (Å²) in [6, 6.07) is 0. The van der Waals surface area contributed by atoms with Crippen molar-refractivity contribution in [3.05, 3.63) is 0 Å². The molecule has 0 aromatic heterocycles. The predicted molar refractivity (Wildman–Crippen MR) is 31.7 cm³/mol. The van der Waals surface area contributed by atoms with Crippen molar-refractivity contribution in [2.45, 2.75) is 11.7 Å². The standard InChI is InChI=1S/C5H8O6/c6-1-3(8)5(11,2-7)4(9)10/h1,3,7-8,11H,2H2,(H,9,10)/t3-,5+/m0/s1. The molecule has 64 valence electrons. The van der Waals surface area contributed by atoms with E-state index in [-0.39, 0.29) is 6.29 Å². The second kappa shape index (κ2) is 3.42. The number of carbonyl (C=O) groups is 2. The fourth-order valence-electron chi connectivity index (χ4n) is 0.400. The SMILES string of the molecule is O=C[C@H](O)[C@](O)(CO)C(=O)O. The Kier molecular flexibility index (Phi) is 3.12. The molecular weight excluding hydrogens is 156 g/mol. The van der Waals surface area contributed by atoms with Crippen molar-refractivity contribution < 1.29 is 30.0 Å². The molecule has 0 heterocycles. The van der Waals surface area contributed by atoms with E-state index < -0.39 is 24.3 Å². The number of aliphatic carboxylic acids is 1. The van der Waals surface area contributed by atoms with Crippen LogP contribution in [0.3, 0.4) is 0 Å². The van der Waals surface area contributed by atoms with Crippen molar-refractivity contribution in [3.63, 3.8) is 0 Å². The number of aliphatic hydroxyl groups excluding tert-OH is 2. The number of hydrogen-bond donors (Lipinski definition) is 4. The maximum atomic E-state index is 10.1. The largest absolute Gasteiger partial charge is 0.479 e. The molecule has 2 atom stereocenters. The van der Waals surface area contributed by atoms with Crippen molar-refractivity contribution in [2.75, 3.05) is 6.61 Å². The summed E-state index contributed by atoms with van der Waals surface area (Å²) in [6.07, 6.45) is -2.28. The Morgan fingerprint density at radius 3 is 2.18 bits per heavy atom. The summed E-state index contributed by atoms with van der Waals surface area (Å²) < 4.78 is 0. The molecular formula is C5H8O6. The van der Waals surface area contributed by atoms with E-state index in [1.807, 2.05) is 0 Å². The Hall–Kier alpha value is -0.980. The molecule has 11 heavy (non-hydrogen) atoms. The second-order valence-electron chi connectivity index (χ2n) is 1.97. The Labute approximate surface area is 61.7 Å². The lowest BCUT2D eigenvalue weighted by molar-refractivity contribution is -0.178. The highest BCUT2D eigenvalue weighted by Gasteiger charge is 2.43. The van der Waals surface area contributed by atoms with E-state index in [4.69, 9.17) is 20.4 Å². The van der Waals surface area contributed by atoms with Crippen LogP contribution in [-0.4, -0.2) is 51.0 Å². The lowest BCUT2D eigenvalue weighted by atomic mass is 9.99. The van der Waals surface area contributed by atoms with Crippen molar-refractivity contribution in [3.8, 4) is 0 Å². The number of aldehydes is 1. The van der Waals surface area contributed by atoms with Crippen LogP contribution in [0.15, 0.2) is 0 Å². The molecule has 0 bridgehead atoms. The molecule has 0 fully saturated rings. The topological polar surface area (TPSA) is 115 Å². The third-order valence-electron chi connectivity index (χ3n) is 1.23. The molecule has 6 heteroatoms. The van der Waals surface area contributed by atoms with Gasteiger partial charge in [-0.05, 0) is 0 Å². The van der Waals surface area contributed by atoms with Gasteiger partial charge in [-0.3, -0.25) is 0 Å². The summed E-state index contributed by atoms with van der Waals surface area (Å²) in [4.78, 5) is 20.0. The molecule has 0 saturated heterocycles. The van der Waals surface area contributed by atoms with Crippen LogP contribution in [0.5, 0.6) is 0 Å². The highest BCUT2D eigenvalue weighted by molar-refractivity contribution is 5.83. The highest BCUT2D eigenvalue weighted by Crippen LogP contribution is 2.08. The number of carboxylic acid groups (broad SMARTS) is 1. The Balaban J connectivity index is 4.58. The van der Waals surface area contributed by atoms with Crippen LogP contribution in [0, 0.1) is 0 Å². The molecule has 0 aromatic rings. The summed E-state index contributed by atoms with van der Waals surface area (Å²) in [5.74, 6) is -1.85. The lowest BCUT2D eigenvalue weighted by Crippen LogP contribution is -2.53. The molecule has 0 amide bonds. The monoisotopic (exact) mass is 164 g/mol. The van der Waals surface area contributed by atoms with Gasteiger partial charge in [0.2, 0.25) is 5.60 Å². The molecule has 0 rings (SSSR count). The molecule has 0 radical (unpaired) electrons. The Bertz CT molecular complexity index is 166. The quantitative estimate of drug-likeness (QED) is 0.337. The van der Waals surface area contributed by atoms with E-state index in [0.29, 0.717) is 0 Å². The molecule has 0 aliphatic carbocycles. The predicted octanol–water partition coefficient (Wildman–Crippen LogP) is -2.65. The van der Waals surface area contributed by atoms with Gasteiger partial charge >= 0.3 is 5.97 Å². The fraction of sp³-hybridized carbons (Fsp3) is 0.600. The fourth-order valence-corrected chi connectivity index (χ4v) is 0.400. The maximum Gasteiger partial charge on any atom is 0.341 e.